The Bertz CT molecular complexity index is 1150. The van der Waals surface area contributed by atoms with E-state index in [9.17, 15) is 9.59 Å². The van der Waals surface area contributed by atoms with Crippen molar-refractivity contribution in [3.8, 4) is 11.5 Å². The Kier molecular flexibility index (Phi) is 6.21. The highest BCUT2D eigenvalue weighted by molar-refractivity contribution is 5.84. The summed E-state index contributed by atoms with van der Waals surface area (Å²) < 4.78 is 12.2. The Hall–Kier alpha value is -3.35. The third kappa shape index (κ3) is 4.40. The number of aromatic nitrogens is 2. The van der Waals surface area contributed by atoms with Crippen molar-refractivity contribution in [2.24, 2.45) is 0 Å². The Morgan fingerprint density at radius 2 is 1.77 bits per heavy atom. The molecule has 1 heterocycles. The Labute approximate surface area is 181 Å². The fraction of sp³-hybridized carbons (Fsp3) is 0.375. The summed E-state index contributed by atoms with van der Waals surface area (Å²) in [5.41, 5.74) is 1.48. The molecule has 0 saturated heterocycles. The lowest BCUT2D eigenvalue weighted by atomic mass is 10.1. The van der Waals surface area contributed by atoms with Crippen LogP contribution in [0.2, 0.25) is 0 Å². The summed E-state index contributed by atoms with van der Waals surface area (Å²) in [5.74, 6) is 1.08. The summed E-state index contributed by atoms with van der Waals surface area (Å²) in [6, 6.07) is 13.0. The van der Waals surface area contributed by atoms with E-state index < -0.39 is 0 Å². The van der Waals surface area contributed by atoms with E-state index in [1.807, 2.05) is 30.3 Å². The lowest BCUT2D eigenvalue weighted by Gasteiger charge is -2.16. The van der Waals surface area contributed by atoms with Crippen LogP contribution in [0.3, 0.4) is 0 Å². The maximum absolute atomic E-state index is 13.0. The number of methoxy groups -OCH3 is 2. The summed E-state index contributed by atoms with van der Waals surface area (Å²) in [6.07, 6.45) is 4.37. The minimum absolute atomic E-state index is 0.0529. The van der Waals surface area contributed by atoms with Crippen LogP contribution in [0.15, 0.2) is 47.3 Å². The molecule has 1 fully saturated rings. The second kappa shape index (κ2) is 9.20. The van der Waals surface area contributed by atoms with Crippen LogP contribution in [-0.2, 0) is 17.8 Å². The van der Waals surface area contributed by atoms with Crippen LogP contribution in [-0.4, -0.2) is 29.9 Å². The van der Waals surface area contributed by atoms with Crippen LogP contribution in [0.5, 0.6) is 11.5 Å². The zero-order chi connectivity index (χ0) is 21.8. The molecule has 1 aromatic heterocycles. The van der Waals surface area contributed by atoms with Crippen molar-refractivity contribution in [2.75, 3.05) is 14.2 Å². The molecule has 3 aromatic rings. The molecule has 1 saturated carbocycles. The summed E-state index contributed by atoms with van der Waals surface area (Å²) >= 11 is 0. The Morgan fingerprint density at radius 1 is 1.06 bits per heavy atom. The van der Waals surface area contributed by atoms with Crippen molar-refractivity contribution in [2.45, 2.75) is 44.7 Å². The molecule has 31 heavy (non-hydrogen) atoms. The first-order valence-electron chi connectivity index (χ1n) is 10.6. The molecule has 2 aromatic carbocycles. The second-order valence-corrected chi connectivity index (χ2v) is 7.82. The van der Waals surface area contributed by atoms with Crippen molar-refractivity contribution >= 4 is 16.7 Å². The van der Waals surface area contributed by atoms with Crippen molar-refractivity contribution in [3.05, 3.63) is 64.1 Å². The van der Waals surface area contributed by atoms with Gasteiger partial charge in [0.1, 0.15) is 0 Å². The van der Waals surface area contributed by atoms with E-state index in [-0.39, 0.29) is 30.5 Å². The minimum atomic E-state index is -0.128. The number of carbonyl (C=O) groups is 1. The van der Waals surface area contributed by atoms with Gasteiger partial charge < -0.3 is 14.8 Å². The van der Waals surface area contributed by atoms with Crippen LogP contribution in [0.4, 0.5) is 0 Å². The normalized spacial score (nSPS) is 14.0. The third-order valence-electron chi connectivity index (χ3n) is 5.84. The number of ether oxygens (including phenoxy) is 2. The van der Waals surface area contributed by atoms with Crippen LogP contribution >= 0.6 is 0 Å². The van der Waals surface area contributed by atoms with Gasteiger partial charge in [-0.05, 0) is 36.6 Å². The number of hydrogen-bond acceptors (Lipinski definition) is 5. The SMILES string of the molecule is COc1ccc(CC(=O)NCc2nn(C3CCCC3)c(=O)c3ccccc23)cc1OC. The zero-order valence-corrected chi connectivity index (χ0v) is 17.9. The third-order valence-corrected chi connectivity index (χ3v) is 5.84. The molecule has 1 N–H and O–H groups in total. The van der Waals surface area contributed by atoms with Gasteiger partial charge in [-0.25, -0.2) is 4.68 Å². The molecule has 1 aliphatic rings. The highest BCUT2D eigenvalue weighted by Gasteiger charge is 2.21. The molecule has 162 valence electrons. The number of benzene rings is 2. The zero-order valence-electron chi connectivity index (χ0n) is 17.9. The summed E-state index contributed by atoms with van der Waals surface area (Å²) in [7, 11) is 3.14. The first kappa shape index (κ1) is 20.9. The molecule has 0 aliphatic heterocycles. The van der Waals surface area contributed by atoms with E-state index in [2.05, 4.69) is 10.4 Å². The van der Waals surface area contributed by atoms with Crippen LogP contribution < -0.4 is 20.3 Å². The first-order chi connectivity index (χ1) is 15.1. The molecule has 0 bridgehead atoms. The van der Waals surface area contributed by atoms with Crippen LogP contribution in [0.25, 0.3) is 10.8 Å². The molecular formula is C24H27N3O4. The average Bonchev–Trinajstić information content (AvgIpc) is 3.33. The van der Waals surface area contributed by atoms with Crippen LogP contribution in [0, 0.1) is 0 Å². The number of hydrogen-bond donors (Lipinski definition) is 1. The van der Waals surface area contributed by atoms with Gasteiger partial charge in [-0.1, -0.05) is 37.1 Å². The Morgan fingerprint density at radius 3 is 2.48 bits per heavy atom. The van der Waals surface area contributed by atoms with Gasteiger partial charge >= 0.3 is 0 Å². The molecule has 1 aliphatic carbocycles. The largest absolute Gasteiger partial charge is 0.493 e. The molecule has 7 nitrogen and oxygen atoms in total. The van der Waals surface area contributed by atoms with E-state index >= 15 is 0 Å². The van der Waals surface area contributed by atoms with Gasteiger partial charge in [0.25, 0.3) is 5.56 Å². The molecule has 0 radical (unpaired) electrons. The van der Waals surface area contributed by atoms with E-state index in [4.69, 9.17) is 9.47 Å². The fourth-order valence-electron chi connectivity index (χ4n) is 4.22. The maximum atomic E-state index is 13.0. The predicted molar refractivity (Wildman–Crippen MR) is 119 cm³/mol. The van der Waals surface area contributed by atoms with Gasteiger partial charge in [-0.3, -0.25) is 9.59 Å². The van der Waals surface area contributed by atoms with E-state index in [1.165, 1.54) is 0 Å². The Balaban J connectivity index is 1.54. The monoisotopic (exact) mass is 421 g/mol. The quantitative estimate of drug-likeness (QED) is 0.632. The van der Waals surface area contributed by atoms with Crippen molar-refractivity contribution in [3.63, 3.8) is 0 Å². The number of fused-ring (bicyclic) bond motifs is 1. The van der Waals surface area contributed by atoms with E-state index in [0.29, 0.717) is 22.6 Å². The number of nitrogens with one attached hydrogen (secondary N) is 1. The average molecular weight is 421 g/mol. The van der Waals surface area contributed by atoms with E-state index in [0.717, 1.165) is 36.6 Å². The summed E-state index contributed by atoms with van der Waals surface area (Å²) in [6.45, 7) is 0.264. The first-order valence-corrected chi connectivity index (χ1v) is 10.6. The lowest BCUT2D eigenvalue weighted by molar-refractivity contribution is -0.120. The van der Waals surface area contributed by atoms with Gasteiger partial charge in [0.05, 0.1) is 44.3 Å². The van der Waals surface area contributed by atoms with Gasteiger partial charge in [0.2, 0.25) is 5.91 Å². The molecule has 0 unspecified atom stereocenters. The standard InChI is InChI=1S/C24H27N3O4/c1-30-21-12-11-16(13-22(21)31-2)14-23(28)25-15-20-18-9-5-6-10-19(18)24(29)27(26-20)17-7-3-4-8-17/h5-6,9-13,17H,3-4,7-8,14-15H2,1-2H3,(H,25,28). The predicted octanol–water partition coefficient (Wildman–Crippen LogP) is 3.39. The highest BCUT2D eigenvalue weighted by Crippen LogP contribution is 2.29. The van der Waals surface area contributed by atoms with Gasteiger partial charge in [0, 0.05) is 5.39 Å². The summed E-state index contributed by atoms with van der Waals surface area (Å²) in [5, 5.41) is 9.05. The minimum Gasteiger partial charge on any atom is -0.493 e. The number of carbonyl (C=O) groups excluding carboxylic acids is 1. The fourth-order valence-corrected chi connectivity index (χ4v) is 4.22. The molecule has 0 spiro atoms. The van der Waals surface area contributed by atoms with Crippen LogP contribution in [0.1, 0.15) is 43.0 Å². The van der Waals surface area contributed by atoms with E-state index in [1.54, 1.807) is 31.0 Å². The second-order valence-electron chi connectivity index (χ2n) is 7.82. The molecular weight excluding hydrogens is 394 g/mol. The van der Waals surface area contributed by atoms with Gasteiger partial charge in [-0.15, -0.1) is 0 Å². The maximum Gasteiger partial charge on any atom is 0.274 e. The number of rotatable bonds is 7. The molecule has 7 heteroatoms. The summed E-state index contributed by atoms with van der Waals surface area (Å²) in [4.78, 5) is 25.6. The number of nitrogens with zero attached hydrogens (tertiary/aromatic N) is 2. The van der Waals surface area contributed by atoms with Crippen molar-refractivity contribution in [1.29, 1.82) is 0 Å². The smallest absolute Gasteiger partial charge is 0.274 e. The van der Waals surface area contributed by atoms with Gasteiger partial charge in [0.15, 0.2) is 11.5 Å². The number of amides is 1. The van der Waals surface area contributed by atoms with Crippen molar-refractivity contribution < 1.29 is 14.3 Å². The highest BCUT2D eigenvalue weighted by atomic mass is 16.5. The molecule has 1 amide bonds. The molecule has 4 rings (SSSR count). The molecule has 0 atom stereocenters. The lowest BCUT2D eigenvalue weighted by Crippen LogP contribution is -2.30. The van der Waals surface area contributed by atoms with Crippen molar-refractivity contribution in [1.82, 2.24) is 15.1 Å². The van der Waals surface area contributed by atoms with Gasteiger partial charge in [-0.2, -0.15) is 5.10 Å². The topological polar surface area (TPSA) is 82.5 Å².